The lowest BCUT2D eigenvalue weighted by atomic mass is 9.63. The molecule has 2 nitrogen and oxygen atoms in total. The average Bonchev–Trinajstić information content (AvgIpc) is 3.69. The van der Waals surface area contributed by atoms with Gasteiger partial charge in [-0.3, -0.25) is 0 Å². The largest absolute Gasteiger partial charge is 0.457 e. The number of nitrogens with zero attached hydrogens (tertiary/aromatic N) is 1. The Morgan fingerprint density at radius 2 is 1.07 bits per heavy atom. The smallest absolute Gasteiger partial charge is 0.132 e. The highest BCUT2D eigenvalue weighted by Gasteiger charge is 2.45. The number of fused-ring (bicyclic) bond motifs is 7. The van der Waals surface area contributed by atoms with E-state index in [9.17, 15) is 11.0 Å². The minimum atomic E-state index is -1.76. The monoisotopic (exact) mass is 712 g/mol. The summed E-state index contributed by atoms with van der Waals surface area (Å²) in [5, 5.41) is 3.87. The van der Waals surface area contributed by atoms with Crippen LogP contribution in [0.5, 0.6) is 11.5 Å². The molecule has 0 fully saturated rings. The van der Waals surface area contributed by atoms with Gasteiger partial charge in [-0.2, -0.15) is 0 Å². The van der Waals surface area contributed by atoms with Crippen molar-refractivity contribution < 1.29 is 19.8 Å². The van der Waals surface area contributed by atoms with E-state index in [-0.39, 0.29) is 39.3 Å². The highest BCUT2D eigenvalue weighted by Crippen LogP contribution is 2.55. The summed E-state index contributed by atoms with van der Waals surface area (Å²) in [6, 6.07) is 39.9. The van der Waals surface area contributed by atoms with Crippen molar-refractivity contribution in [3.8, 4) is 39.4 Å². The molecule has 9 aromatic carbocycles. The lowest BCUT2D eigenvalue weighted by Gasteiger charge is -2.41. The van der Waals surface area contributed by atoms with Crippen molar-refractivity contribution in [1.29, 1.82) is 0 Å². The number of para-hydroxylation sites is 2. The molecule has 0 saturated carbocycles. The Balaban J connectivity index is 1.19. The van der Waals surface area contributed by atoms with Crippen LogP contribution in [-0.4, -0.2) is 4.57 Å². The molecule has 1 aliphatic heterocycles. The molecule has 1 aromatic heterocycles. The SMILES string of the molecule is [2H]c1c([2H])c([2H])c2c(c1[2H])Oc1c([2H])c([2H])c(-c3c([2H])c([2H])c(-c4ccc5c(c4)c4ccc6ccccc6c4n5-c4ccccc4)c([2H])c3[2H])c([2H])c1C2(c1ccccc1)c1ccccc1. The van der Waals surface area contributed by atoms with E-state index in [4.69, 9.17) is 8.85 Å². The zero-order valence-corrected chi connectivity index (χ0v) is 29.2. The van der Waals surface area contributed by atoms with Gasteiger partial charge in [0.05, 0.1) is 31.5 Å². The third-order valence-corrected chi connectivity index (χ3v) is 10.6. The summed E-state index contributed by atoms with van der Waals surface area (Å²) in [4.78, 5) is 0. The zero-order chi connectivity index (χ0) is 45.9. The summed E-state index contributed by atoms with van der Waals surface area (Å²) in [7, 11) is 0. The number of aromatic nitrogens is 1. The van der Waals surface area contributed by atoms with Crippen molar-refractivity contribution in [1.82, 2.24) is 4.57 Å². The van der Waals surface area contributed by atoms with Gasteiger partial charge in [-0.15, -0.1) is 0 Å². The van der Waals surface area contributed by atoms with Gasteiger partial charge in [0.2, 0.25) is 0 Å². The van der Waals surface area contributed by atoms with Gasteiger partial charge in [0.1, 0.15) is 11.5 Å². The molecule has 55 heavy (non-hydrogen) atoms. The molecule has 0 bridgehead atoms. The number of rotatable bonds is 5. The molecule has 10 aromatic rings. The quantitative estimate of drug-likeness (QED) is 0.173. The van der Waals surface area contributed by atoms with E-state index in [1.807, 2.05) is 54.6 Å². The summed E-state index contributed by atoms with van der Waals surface area (Å²) in [5.41, 5.74) is 1.69. The first-order valence-electron chi connectivity index (χ1n) is 23.5. The Labute approximate surface area is 335 Å². The molecule has 0 amide bonds. The standard InChI is InChI=1S/C53H35NO/c1-4-15-41(16-5-1)53(42-17-6-2-7-18-42)47-22-12-13-23-50(47)55-51-33-30-40(35-48(51)53)37-26-24-36(25-27-37)39-29-32-49-46(34-39)45-31-28-38-14-10-11-21-44(38)52(45)54(49)43-19-8-3-9-20-43/h1-35H/i12D,13D,22D,23D,24D,25D,26D,27D,30D,33D,35D. The highest BCUT2D eigenvalue weighted by molar-refractivity contribution is 6.19. The van der Waals surface area contributed by atoms with Crippen LogP contribution >= 0.6 is 0 Å². The second-order valence-corrected chi connectivity index (χ2v) is 13.6. The zero-order valence-electron chi connectivity index (χ0n) is 40.2. The molecule has 0 N–H and O–H groups in total. The van der Waals surface area contributed by atoms with Crippen LogP contribution in [0.1, 0.15) is 37.3 Å². The summed E-state index contributed by atoms with van der Waals surface area (Å²) >= 11 is 0. The first-order chi connectivity index (χ1) is 31.9. The van der Waals surface area contributed by atoms with Crippen LogP contribution in [0.4, 0.5) is 0 Å². The molecule has 1 aliphatic rings. The Morgan fingerprint density at radius 3 is 1.82 bits per heavy atom. The third kappa shape index (κ3) is 4.82. The molecule has 0 aliphatic carbocycles. The lowest BCUT2D eigenvalue weighted by molar-refractivity contribution is 0.434. The number of ether oxygens (including phenoxy) is 1. The van der Waals surface area contributed by atoms with E-state index in [0.717, 1.165) is 38.3 Å². The van der Waals surface area contributed by atoms with Crippen LogP contribution in [0.15, 0.2) is 212 Å². The molecule has 0 atom stereocenters. The van der Waals surface area contributed by atoms with Gasteiger partial charge in [0, 0.05) is 33.0 Å². The summed E-state index contributed by atoms with van der Waals surface area (Å²) in [6.45, 7) is 0. The fourth-order valence-electron chi connectivity index (χ4n) is 8.21. The average molecular weight is 713 g/mol. The Kier molecular flexibility index (Phi) is 5.02. The van der Waals surface area contributed by atoms with Crippen molar-refractivity contribution in [2.45, 2.75) is 5.41 Å². The fraction of sp³-hybridized carbons (Fsp3) is 0.0189. The van der Waals surface area contributed by atoms with Gasteiger partial charge in [0.15, 0.2) is 0 Å². The number of hydrogen-bond acceptors (Lipinski definition) is 1. The Bertz CT molecular complexity index is 3620. The molecule has 2 heteroatoms. The lowest BCUT2D eigenvalue weighted by Crippen LogP contribution is -2.34. The van der Waals surface area contributed by atoms with Crippen LogP contribution in [0, 0.1) is 0 Å². The van der Waals surface area contributed by atoms with E-state index in [2.05, 4.69) is 28.8 Å². The topological polar surface area (TPSA) is 14.2 Å². The van der Waals surface area contributed by atoms with Crippen LogP contribution in [0.3, 0.4) is 0 Å². The fourth-order valence-corrected chi connectivity index (χ4v) is 8.21. The van der Waals surface area contributed by atoms with Gasteiger partial charge < -0.3 is 9.30 Å². The van der Waals surface area contributed by atoms with Crippen molar-refractivity contribution in [2.75, 3.05) is 0 Å². The molecule has 0 saturated heterocycles. The van der Waals surface area contributed by atoms with Crippen molar-refractivity contribution >= 4 is 32.6 Å². The molecule has 11 rings (SSSR count). The second-order valence-electron chi connectivity index (χ2n) is 13.6. The molecular weight excluding hydrogens is 667 g/mol. The highest BCUT2D eigenvalue weighted by atomic mass is 16.5. The maximum Gasteiger partial charge on any atom is 0.132 e. The molecule has 0 radical (unpaired) electrons. The van der Waals surface area contributed by atoms with Crippen molar-refractivity contribution in [2.24, 2.45) is 0 Å². The normalized spacial score (nSPS) is 15.8. The summed E-state index contributed by atoms with van der Waals surface area (Å²) in [5.74, 6) is -0.548. The van der Waals surface area contributed by atoms with Crippen LogP contribution in [0.2, 0.25) is 0 Å². The summed E-state index contributed by atoms with van der Waals surface area (Å²) in [6.07, 6.45) is 0. The van der Waals surface area contributed by atoms with Crippen LogP contribution in [-0.2, 0) is 5.41 Å². The molecule has 2 heterocycles. The predicted octanol–water partition coefficient (Wildman–Crippen LogP) is 13.8. The van der Waals surface area contributed by atoms with E-state index in [1.165, 1.54) is 0 Å². The van der Waals surface area contributed by atoms with Crippen molar-refractivity contribution in [3.05, 3.63) is 234 Å². The van der Waals surface area contributed by atoms with E-state index < -0.39 is 71.9 Å². The van der Waals surface area contributed by atoms with Crippen LogP contribution in [0.25, 0.3) is 60.5 Å². The Morgan fingerprint density at radius 1 is 0.455 bits per heavy atom. The van der Waals surface area contributed by atoms with E-state index >= 15 is 0 Å². The van der Waals surface area contributed by atoms with Gasteiger partial charge in [-0.25, -0.2) is 0 Å². The first-order valence-corrected chi connectivity index (χ1v) is 18.0. The molecule has 0 spiro atoms. The van der Waals surface area contributed by atoms with Gasteiger partial charge >= 0.3 is 0 Å². The number of hydrogen-bond donors (Lipinski definition) is 0. The molecule has 258 valence electrons. The Hall–Kier alpha value is -7.16. The minimum absolute atomic E-state index is 0.0121. The predicted molar refractivity (Wildman–Crippen MR) is 228 cm³/mol. The maximum atomic E-state index is 10.1. The maximum absolute atomic E-state index is 10.1. The number of benzene rings is 9. The first kappa shape index (κ1) is 22.1. The molecule has 0 unspecified atom stereocenters. The van der Waals surface area contributed by atoms with Gasteiger partial charge in [0.25, 0.3) is 0 Å². The van der Waals surface area contributed by atoms with Gasteiger partial charge in [-0.1, -0.05) is 170 Å². The second kappa shape index (κ2) is 12.5. The van der Waals surface area contributed by atoms with E-state index in [1.54, 1.807) is 66.7 Å². The van der Waals surface area contributed by atoms with Crippen molar-refractivity contribution in [3.63, 3.8) is 0 Å². The minimum Gasteiger partial charge on any atom is -0.457 e. The van der Waals surface area contributed by atoms with Gasteiger partial charge in [-0.05, 0) is 81.2 Å². The van der Waals surface area contributed by atoms with E-state index in [0.29, 0.717) is 16.7 Å². The summed E-state index contributed by atoms with van der Waals surface area (Å²) < 4.78 is 111. The third-order valence-electron chi connectivity index (χ3n) is 10.6. The van der Waals surface area contributed by atoms with Crippen LogP contribution < -0.4 is 4.74 Å². The molecular formula is C53H35NO.